The van der Waals surface area contributed by atoms with Crippen LogP contribution in [0.5, 0.6) is 0 Å². The summed E-state index contributed by atoms with van der Waals surface area (Å²) >= 11 is 3.83. The van der Waals surface area contributed by atoms with E-state index in [2.05, 4.69) is 37.5 Å². The van der Waals surface area contributed by atoms with Gasteiger partial charge in [-0.2, -0.15) is 0 Å². The Balaban J connectivity index is 0.00000150. The average molecular weight is 571 g/mol. The van der Waals surface area contributed by atoms with Gasteiger partial charge in [-0.1, -0.05) is 0 Å². The Hall–Kier alpha value is -0.861. The molecule has 0 saturated carbocycles. The molecular formula is C19H21BrCl2N2O4Se. The van der Waals surface area contributed by atoms with E-state index in [1.807, 2.05) is 12.1 Å². The van der Waals surface area contributed by atoms with Gasteiger partial charge in [0.25, 0.3) is 0 Å². The molecule has 1 fully saturated rings. The summed E-state index contributed by atoms with van der Waals surface area (Å²) in [6.07, 6.45) is 0. The fourth-order valence-electron chi connectivity index (χ4n) is 3.31. The van der Waals surface area contributed by atoms with Crippen LogP contribution in [0.1, 0.15) is 14.8 Å². The molecule has 6 nitrogen and oxygen atoms in total. The number of ether oxygens (including phenoxy) is 1. The molecule has 0 spiro atoms. The number of hydrogen-bond acceptors (Lipinski definition) is 6. The van der Waals surface area contributed by atoms with E-state index in [4.69, 9.17) is 4.42 Å². The Morgan fingerprint density at radius 2 is 1.93 bits per heavy atom. The molecule has 1 aromatic carbocycles. The molecule has 0 bridgehead atoms. The van der Waals surface area contributed by atoms with Gasteiger partial charge in [0.15, 0.2) is 0 Å². The van der Waals surface area contributed by atoms with E-state index in [0.29, 0.717) is 5.58 Å². The molecule has 1 aliphatic heterocycles. The van der Waals surface area contributed by atoms with Crippen LogP contribution in [0.4, 0.5) is 0 Å². The largest absolute Gasteiger partial charge is 0.147 e. The van der Waals surface area contributed by atoms with Gasteiger partial charge in [0.2, 0.25) is 0 Å². The van der Waals surface area contributed by atoms with Crippen LogP contribution in [0, 0.1) is 0 Å². The van der Waals surface area contributed by atoms with E-state index in [1.54, 1.807) is 6.07 Å². The summed E-state index contributed by atoms with van der Waals surface area (Å²) in [5.41, 5.74) is -0.141. The maximum absolute atomic E-state index is 12.2. The smallest absolute Gasteiger partial charge is 0.147 e. The van der Waals surface area contributed by atoms with Gasteiger partial charge < -0.3 is 0 Å². The summed E-state index contributed by atoms with van der Waals surface area (Å²) in [4.78, 5) is 28.8. The van der Waals surface area contributed by atoms with Crippen LogP contribution >= 0.6 is 40.7 Å². The number of methoxy groups -OCH3 is 1. The third-order valence-electron chi connectivity index (χ3n) is 4.93. The molecule has 0 radical (unpaired) electrons. The molecule has 3 heterocycles. The van der Waals surface area contributed by atoms with Crippen molar-refractivity contribution in [2.24, 2.45) is 0 Å². The number of esters is 1. The van der Waals surface area contributed by atoms with Crippen LogP contribution in [0.3, 0.4) is 0 Å². The van der Waals surface area contributed by atoms with Crippen molar-refractivity contribution in [1.82, 2.24) is 9.80 Å². The monoisotopic (exact) mass is 570 g/mol. The Bertz CT molecular complexity index is 1090. The van der Waals surface area contributed by atoms with Gasteiger partial charge >= 0.3 is 171 Å². The maximum Gasteiger partial charge on any atom is -0.147 e. The predicted molar refractivity (Wildman–Crippen MR) is 123 cm³/mol. The second-order valence-corrected chi connectivity index (χ2v) is 9.83. The van der Waals surface area contributed by atoms with Crippen LogP contribution < -0.4 is 5.63 Å². The van der Waals surface area contributed by atoms with Crippen molar-refractivity contribution in [2.45, 2.75) is 6.54 Å². The number of likely N-dealkylation sites (N-methyl/N-ethyl adjacent to an activating group) is 1. The minimum absolute atomic E-state index is 0. The second-order valence-electron chi connectivity index (χ2n) is 6.72. The summed E-state index contributed by atoms with van der Waals surface area (Å²) in [7, 11) is 3.40. The molecular weight excluding hydrogens is 550 g/mol. The van der Waals surface area contributed by atoms with Crippen LogP contribution in [-0.4, -0.2) is 70.6 Å². The van der Waals surface area contributed by atoms with Gasteiger partial charge in [-0.3, -0.25) is 0 Å². The van der Waals surface area contributed by atoms with Gasteiger partial charge in [0, 0.05) is 0 Å². The van der Waals surface area contributed by atoms with E-state index in [0.717, 1.165) is 52.2 Å². The number of benzene rings is 1. The molecule has 158 valence electrons. The van der Waals surface area contributed by atoms with Crippen molar-refractivity contribution >= 4 is 81.8 Å². The summed E-state index contributed by atoms with van der Waals surface area (Å²) in [6.45, 7) is 5.21. The molecule has 0 N–H and O–H groups in total. The van der Waals surface area contributed by atoms with Crippen molar-refractivity contribution < 1.29 is 13.9 Å². The first-order valence-electron chi connectivity index (χ1n) is 8.65. The number of carbonyl (C=O) groups is 1. The van der Waals surface area contributed by atoms with Crippen LogP contribution in [0.15, 0.2) is 31.9 Å². The van der Waals surface area contributed by atoms with E-state index in [9.17, 15) is 9.59 Å². The van der Waals surface area contributed by atoms with Crippen molar-refractivity contribution in [3.05, 3.63) is 43.1 Å². The molecule has 0 atom stereocenters. The Morgan fingerprint density at radius 1 is 1.24 bits per heavy atom. The zero-order valence-electron chi connectivity index (χ0n) is 15.9. The molecule has 4 rings (SSSR count). The zero-order chi connectivity index (χ0) is 19.1. The Morgan fingerprint density at radius 3 is 2.59 bits per heavy atom. The summed E-state index contributed by atoms with van der Waals surface area (Å²) in [5.74, 6) is -0.674. The van der Waals surface area contributed by atoms with Crippen LogP contribution in [0.25, 0.3) is 20.6 Å². The summed E-state index contributed by atoms with van der Waals surface area (Å²) < 4.78 is 13.7. The predicted octanol–water partition coefficient (Wildman–Crippen LogP) is 3.14. The topological polar surface area (TPSA) is 63.0 Å². The molecule has 1 saturated heterocycles. The fraction of sp³-hybridized carbons (Fsp3) is 0.368. The Kier molecular flexibility index (Phi) is 8.39. The molecule has 0 unspecified atom stereocenters. The summed E-state index contributed by atoms with van der Waals surface area (Å²) in [6, 6.07) is 5.48. The van der Waals surface area contributed by atoms with E-state index >= 15 is 0 Å². The van der Waals surface area contributed by atoms with E-state index < -0.39 is 11.6 Å². The number of rotatable bonds is 3. The molecule has 0 amide bonds. The van der Waals surface area contributed by atoms with Gasteiger partial charge in [-0.25, -0.2) is 0 Å². The SMILES string of the molecule is COC(=O)c1cc2ccc3c(Br)c(CN4CCN(C)CC4)[se]c3c2oc1=O.Cl.Cl. The number of nitrogens with zero attached hydrogens (tertiary/aromatic N) is 2. The molecule has 3 aromatic rings. The van der Waals surface area contributed by atoms with Crippen LogP contribution in [-0.2, 0) is 11.3 Å². The number of carbonyl (C=O) groups excluding carboxylic acids is 1. The minimum atomic E-state index is -0.674. The van der Waals surface area contributed by atoms with Crippen molar-refractivity contribution in [3.8, 4) is 0 Å². The number of fused-ring (bicyclic) bond motifs is 3. The average Bonchev–Trinajstić information content (AvgIpc) is 2.98. The maximum atomic E-state index is 12.2. The number of hydrogen-bond donors (Lipinski definition) is 0. The van der Waals surface area contributed by atoms with Gasteiger partial charge in [-0.15, -0.1) is 24.8 Å². The molecule has 10 heteroatoms. The van der Waals surface area contributed by atoms with Crippen LogP contribution in [0.2, 0.25) is 0 Å². The fourth-order valence-corrected chi connectivity index (χ4v) is 7.06. The number of piperazine rings is 1. The van der Waals surface area contributed by atoms with Crippen molar-refractivity contribution in [3.63, 3.8) is 0 Å². The van der Waals surface area contributed by atoms with Gasteiger partial charge in [0.1, 0.15) is 0 Å². The third-order valence-corrected chi connectivity index (χ3v) is 8.92. The summed E-state index contributed by atoms with van der Waals surface area (Å²) in [5, 5.41) is 1.83. The van der Waals surface area contributed by atoms with E-state index in [-0.39, 0.29) is 44.9 Å². The van der Waals surface area contributed by atoms with Crippen molar-refractivity contribution in [1.29, 1.82) is 0 Å². The first kappa shape index (κ1) is 24.4. The second kappa shape index (κ2) is 9.96. The van der Waals surface area contributed by atoms with E-state index in [1.165, 1.54) is 11.5 Å². The Labute approximate surface area is 194 Å². The third kappa shape index (κ3) is 4.74. The normalized spacial score (nSPS) is 15.1. The van der Waals surface area contributed by atoms with Gasteiger partial charge in [0.05, 0.1) is 0 Å². The molecule has 1 aliphatic rings. The first-order valence-corrected chi connectivity index (χ1v) is 11.2. The van der Waals surface area contributed by atoms with Crippen molar-refractivity contribution in [2.75, 3.05) is 40.3 Å². The molecule has 2 aromatic heterocycles. The van der Waals surface area contributed by atoms with Gasteiger partial charge in [-0.05, 0) is 0 Å². The molecule has 29 heavy (non-hydrogen) atoms. The quantitative estimate of drug-likeness (QED) is 0.274. The number of halogens is 3. The minimum Gasteiger partial charge on any atom is -0.147 e. The standard InChI is InChI=1S/C19H19BrN2O4Se.2ClH/c1-21-5-7-22(8-6-21)10-14-15(20)12-4-3-11-9-13(18(23)25-2)19(24)26-16(11)17(12)27-14;;/h3-4,9H,5-8,10H2,1-2H3;2*1H. The molecule has 0 aliphatic carbocycles. The first-order chi connectivity index (χ1) is 13.0. The zero-order valence-corrected chi connectivity index (χ0v) is 20.8.